The fourth-order valence-electron chi connectivity index (χ4n) is 4.30. The Morgan fingerprint density at radius 1 is 1.17 bits per heavy atom. The predicted octanol–water partition coefficient (Wildman–Crippen LogP) is 3.95. The Labute approximate surface area is 171 Å². The zero-order valence-corrected chi connectivity index (χ0v) is 17.4. The van der Waals surface area contributed by atoms with Crippen molar-refractivity contribution >= 4 is 23.0 Å². The SMILES string of the molecule is CCCCC(=O)N1CCN(c2cc(N3CCCC[C@@H]3C)c(F)cc2[N+](=O)[O-])CC1. The summed E-state index contributed by atoms with van der Waals surface area (Å²) in [5.41, 5.74) is 0.686. The van der Waals surface area contributed by atoms with Gasteiger partial charge >= 0.3 is 0 Å². The van der Waals surface area contributed by atoms with E-state index in [1.54, 1.807) is 6.07 Å². The smallest absolute Gasteiger partial charge is 0.295 e. The minimum Gasteiger partial charge on any atom is -0.366 e. The van der Waals surface area contributed by atoms with Gasteiger partial charge in [0, 0.05) is 45.2 Å². The van der Waals surface area contributed by atoms with Crippen LogP contribution in [0.15, 0.2) is 12.1 Å². The van der Waals surface area contributed by atoms with Crippen LogP contribution in [0.4, 0.5) is 21.5 Å². The van der Waals surface area contributed by atoms with Gasteiger partial charge in [-0.15, -0.1) is 0 Å². The Bertz CT molecular complexity index is 750. The van der Waals surface area contributed by atoms with Crippen LogP contribution >= 0.6 is 0 Å². The lowest BCUT2D eigenvalue weighted by Gasteiger charge is -2.38. The van der Waals surface area contributed by atoms with Crippen LogP contribution in [-0.4, -0.2) is 54.5 Å². The Balaban J connectivity index is 1.81. The molecule has 2 fully saturated rings. The number of nitro benzene ring substituents is 1. The fraction of sp³-hybridized carbons (Fsp3) is 0.667. The summed E-state index contributed by atoms with van der Waals surface area (Å²) in [6.07, 6.45) is 5.50. The lowest BCUT2D eigenvalue weighted by Crippen LogP contribution is -2.49. The zero-order chi connectivity index (χ0) is 21.0. The molecule has 0 unspecified atom stereocenters. The van der Waals surface area contributed by atoms with Gasteiger partial charge in [-0.05, 0) is 38.7 Å². The second-order valence-electron chi connectivity index (χ2n) is 8.06. The second-order valence-corrected chi connectivity index (χ2v) is 8.06. The molecule has 7 nitrogen and oxygen atoms in total. The van der Waals surface area contributed by atoms with E-state index in [9.17, 15) is 19.3 Å². The van der Waals surface area contributed by atoms with E-state index in [4.69, 9.17) is 0 Å². The summed E-state index contributed by atoms with van der Waals surface area (Å²) in [6.45, 7) is 6.98. The van der Waals surface area contributed by atoms with Crippen molar-refractivity contribution in [2.75, 3.05) is 42.5 Å². The molecular formula is C21H31FN4O3. The first-order chi connectivity index (χ1) is 13.9. The number of rotatable bonds is 6. The molecule has 2 aliphatic heterocycles. The van der Waals surface area contributed by atoms with E-state index < -0.39 is 10.7 Å². The highest BCUT2D eigenvalue weighted by Crippen LogP contribution is 2.37. The Kier molecular flexibility index (Phi) is 6.92. The molecule has 0 radical (unpaired) electrons. The van der Waals surface area contributed by atoms with Crippen LogP contribution in [0.2, 0.25) is 0 Å². The summed E-state index contributed by atoms with van der Waals surface area (Å²) in [7, 11) is 0. The number of unbranched alkanes of at least 4 members (excludes halogenated alkanes) is 1. The van der Waals surface area contributed by atoms with Crippen molar-refractivity contribution in [2.45, 2.75) is 58.4 Å². The molecule has 8 heteroatoms. The van der Waals surface area contributed by atoms with Gasteiger partial charge in [-0.25, -0.2) is 4.39 Å². The molecular weight excluding hydrogens is 375 g/mol. The van der Waals surface area contributed by atoms with Crippen molar-refractivity contribution in [3.63, 3.8) is 0 Å². The molecule has 2 saturated heterocycles. The van der Waals surface area contributed by atoms with Crippen LogP contribution in [-0.2, 0) is 4.79 Å². The van der Waals surface area contributed by atoms with Crippen LogP contribution in [0.1, 0.15) is 52.4 Å². The van der Waals surface area contributed by atoms with Crippen molar-refractivity contribution in [1.29, 1.82) is 0 Å². The first-order valence-electron chi connectivity index (χ1n) is 10.7. The molecule has 0 aromatic heterocycles. The zero-order valence-electron chi connectivity index (χ0n) is 17.4. The molecule has 29 heavy (non-hydrogen) atoms. The first kappa shape index (κ1) is 21.3. The largest absolute Gasteiger partial charge is 0.366 e. The number of hydrogen-bond donors (Lipinski definition) is 0. The minimum absolute atomic E-state index is 0.142. The first-order valence-corrected chi connectivity index (χ1v) is 10.7. The number of carbonyl (C=O) groups excluding carboxylic acids is 1. The highest BCUT2D eigenvalue weighted by molar-refractivity contribution is 5.77. The summed E-state index contributed by atoms with van der Waals surface area (Å²) < 4.78 is 14.8. The number of hydrogen-bond acceptors (Lipinski definition) is 5. The third-order valence-corrected chi connectivity index (χ3v) is 6.07. The lowest BCUT2D eigenvalue weighted by molar-refractivity contribution is -0.384. The maximum atomic E-state index is 14.8. The average molecular weight is 407 g/mol. The molecule has 1 amide bonds. The maximum absolute atomic E-state index is 14.8. The molecule has 1 aromatic rings. The summed E-state index contributed by atoms with van der Waals surface area (Å²) >= 11 is 0. The molecule has 160 valence electrons. The Morgan fingerprint density at radius 3 is 2.52 bits per heavy atom. The number of benzene rings is 1. The van der Waals surface area contributed by atoms with E-state index in [0.29, 0.717) is 44.0 Å². The van der Waals surface area contributed by atoms with Gasteiger partial charge in [-0.1, -0.05) is 13.3 Å². The van der Waals surface area contributed by atoms with Crippen molar-refractivity contribution in [2.24, 2.45) is 0 Å². The van der Waals surface area contributed by atoms with Crippen molar-refractivity contribution in [3.05, 3.63) is 28.1 Å². The highest BCUT2D eigenvalue weighted by atomic mass is 19.1. The Hall–Kier alpha value is -2.38. The minimum atomic E-state index is -0.539. The standard InChI is InChI=1S/C21H31FN4O3/c1-3-4-8-21(27)24-12-10-23(11-13-24)19-15-18(17(22)14-20(19)26(28)29)25-9-6-5-7-16(25)2/h14-16H,3-13H2,1-2H3/t16-/m0/s1. The van der Waals surface area contributed by atoms with Gasteiger partial charge in [0.25, 0.3) is 5.69 Å². The molecule has 0 saturated carbocycles. The third-order valence-electron chi connectivity index (χ3n) is 6.07. The summed E-state index contributed by atoms with van der Waals surface area (Å²) in [6, 6.07) is 2.91. The number of halogens is 1. The Morgan fingerprint density at radius 2 is 1.90 bits per heavy atom. The normalized spacial score (nSPS) is 20.1. The number of anilines is 2. The molecule has 0 bridgehead atoms. The van der Waals surface area contributed by atoms with Crippen LogP contribution in [0.25, 0.3) is 0 Å². The van der Waals surface area contributed by atoms with Gasteiger partial charge in [0.1, 0.15) is 5.69 Å². The number of piperidine rings is 1. The van der Waals surface area contributed by atoms with Crippen LogP contribution in [0, 0.1) is 15.9 Å². The van der Waals surface area contributed by atoms with Gasteiger partial charge < -0.3 is 14.7 Å². The molecule has 2 aliphatic rings. The van der Waals surface area contributed by atoms with E-state index in [1.807, 2.05) is 14.7 Å². The van der Waals surface area contributed by atoms with Crippen LogP contribution in [0.5, 0.6) is 0 Å². The van der Waals surface area contributed by atoms with E-state index in [0.717, 1.165) is 44.7 Å². The average Bonchev–Trinajstić information content (AvgIpc) is 2.72. The topological polar surface area (TPSA) is 69.9 Å². The maximum Gasteiger partial charge on any atom is 0.295 e. The van der Waals surface area contributed by atoms with Gasteiger partial charge in [-0.2, -0.15) is 0 Å². The van der Waals surface area contributed by atoms with Gasteiger partial charge in [-0.3, -0.25) is 14.9 Å². The summed E-state index contributed by atoms with van der Waals surface area (Å²) in [5.74, 6) is -0.398. The van der Waals surface area contributed by atoms with E-state index in [-0.39, 0.29) is 17.6 Å². The number of nitrogens with zero attached hydrogens (tertiary/aromatic N) is 4. The molecule has 1 atom stereocenters. The van der Waals surface area contributed by atoms with E-state index >= 15 is 0 Å². The monoisotopic (exact) mass is 406 g/mol. The highest BCUT2D eigenvalue weighted by Gasteiger charge is 2.30. The molecule has 0 N–H and O–H groups in total. The molecule has 0 spiro atoms. The van der Waals surface area contributed by atoms with Gasteiger partial charge in [0.2, 0.25) is 5.91 Å². The number of nitro groups is 1. The number of amides is 1. The summed E-state index contributed by atoms with van der Waals surface area (Å²) in [5, 5.41) is 11.6. The number of piperazine rings is 1. The predicted molar refractivity (Wildman–Crippen MR) is 112 cm³/mol. The summed E-state index contributed by atoms with van der Waals surface area (Å²) in [4.78, 5) is 29.1. The van der Waals surface area contributed by atoms with Crippen LogP contribution in [0.3, 0.4) is 0 Å². The fourth-order valence-corrected chi connectivity index (χ4v) is 4.30. The second kappa shape index (κ2) is 9.41. The molecule has 1 aromatic carbocycles. The van der Waals surface area contributed by atoms with Crippen molar-refractivity contribution in [3.8, 4) is 0 Å². The van der Waals surface area contributed by atoms with Gasteiger partial charge in [0.15, 0.2) is 5.82 Å². The molecule has 0 aliphatic carbocycles. The van der Waals surface area contributed by atoms with Crippen molar-refractivity contribution < 1.29 is 14.1 Å². The number of carbonyl (C=O) groups is 1. The molecule has 2 heterocycles. The van der Waals surface area contributed by atoms with E-state index in [1.165, 1.54) is 0 Å². The molecule has 3 rings (SSSR count). The third kappa shape index (κ3) is 4.79. The van der Waals surface area contributed by atoms with Crippen LogP contribution < -0.4 is 9.80 Å². The van der Waals surface area contributed by atoms with Crippen molar-refractivity contribution in [1.82, 2.24) is 4.90 Å². The lowest BCUT2D eigenvalue weighted by atomic mass is 10.0. The quantitative estimate of drug-likeness (QED) is 0.528. The van der Waals surface area contributed by atoms with Gasteiger partial charge in [0.05, 0.1) is 16.7 Å². The van der Waals surface area contributed by atoms with E-state index in [2.05, 4.69) is 13.8 Å².